The summed E-state index contributed by atoms with van der Waals surface area (Å²) in [7, 11) is 2.97. The Kier molecular flexibility index (Phi) is 7.62. The predicted octanol–water partition coefficient (Wildman–Crippen LogP) is 2.48. The number of rotatable bonds is 8. The van der Waals surface area contributed by atoms with Gasteiger partial charge in [-0.15, -0.1) is 0 Å². The monoisotopic (exact) mass is 470 g/mol. The summed E-state index contributed by atoms with van der Waals surface area (Å²) in [5.41, 5.74) is 0.884. The first-order valence-electron chi connectivity index (χ1n) is 9.90. The second kappa shape index (κ2) is 10.6. The standard InChI is InChI=1S/C23H22N2O7S/c1-4-31-20(26)13-32-18-10-5-14(12-19(18)30-3)11-17-21(27)24-23(33)25(22(17)28)15-6-8-16(29-2)9-7-15/h5-12H,4,13H2,1-3H3,(H,24,27,33)/b17-11+. The van der Waals surface area contributed by atoms with Gasteiger partial charge in [0.15, 0.2) is 23.2 Å². The van der Waals surface area contributed by atoms with Crippen LogP contribution in [0, 0.1) is 0 Å². The van der Waals surface area contributed by atoms with Gasteiger partial charge in [-0.05, 0) is 67.2 Å². The molecule has 3 rings (SSSR count). The fraction of sp³-hybridized carbons (Fsp3) is 0.217. The Balaban J connectivity index is 1.87. The molecule has 0 atom stereocenters. The van der Waals surface area contributed by atoms with Gasteiger partial charge >= 0.3 is 5.97 Å². The van der Waals surface area contributed by atoms with Crippen LogP contribution >= 0.6 is 12.2 Å². The molecule has 1 saturated heterocycles. The normalized spacial score (nSPS) is 14.7. The van der Waals surface area contributed by atoms with Gasteiger partial charge in [-0.1, -0.05) is 6.07 Å². The minimum Gasteiger partial charge on any atom is -0.497 e. The largest absolute Gasteiger partial charge is 0.497 e. The van der Waals surface area contributed by atoms with Crippen LogP contribution in [-0.2, 0) is 19.1 Å². The van der Waals surface area contributed by atoms with E-state index in [2.05, 4.69) is 5.32 Å². The van der Waals surface area contributed by atoms with Crippen molar-refractivity contribution in [3.63, 3.8) is 0 Å². The number of nitrogens with one attached hydrogen (secondary N) is 1. The summed E-state index contributed by atoms with van der Waals surface area (Å²) in [5, 5.41) is 2.51. The van der Waals surface area contributed by atoms with Gasteiger partial charge in [-0.25, -0.2) is 4.79 Å². The number of hydrogen-bond acceptors (Lipinski definition) is 8. The average Bonchev–Trinajstić information content (AvgIpc) is 2.81. The third-order valence-electron chi connectivity index (χ3n) is 4.58. The van der Waals surface area contributed by atoms with Crippen molar-refractivity contribution in [2.75, 3.05) is 32.3 Å². The number of carbonyl (C=O) groups is 3. The highest BCUT2D eigenvalue weighted by atomic mass is 32.1. The van der Waals surface area contributed by atoms with Crippen molar-refractivity contribution in [3.05, 3.63) is 53.6 Å². The first-order valence-corrected chi connectivity index (χ1v) is 10.3. The number of hydrogen-bond donors (Lipinski definition) is 1. The molecule has 0 unspecified atom stereocenters. The molecule has 0 bridgehead atoms. The fourth-order valence-corrected chi connectivity index (χ4v) is 3.30. The van der Waals surface area contributed by atoms with E-state index in [1.165, 1.54) is 25.2 Å². The summed E-state index contributed by atoms with van der Waals surface area (Å²) in [6.07, 6.45) is 1.42. The molecule has 1 fully saturated rings. The molecule has 33 heavy (non-hydrogen) atoms. The quantitative estimate of drug-likeness (QED) is 0.272. The fourth-order valence-electron chi connectivity index (χ4n) is 3.02. The van der Waals surface area contributed by atoms with Gasteiger partial charge in [0.1, 0.15) is 11.3 Å². The topological polar surface area (TPSA) is 103 Å². The number of thiocarbonyl (C=S) groups is 1. The lowest BCUT2D eigenvalue weighted by molar-refractivity contribution is -0.145. The molecule has 2 amide bonds. The minimum absolute atomic E-state index is 0.0207. The molecule has 1 aliphatic heterocycles. The molecule has 0 radical (unpaired) electrons. The van der Waals surface area contributed by atoms with E-state index in [9.17, 15) is 14.4 Å². The van der Waals surface area contributed by atoms with Crippen molar-refractivity contribution < 1.29 is 33.3 Å². The molecule has 1 aliphatic rings. The number of ether oxygens (including phenoxy) is 4. The number of benzene rings is 2. The molecule has 0 aliphatic carbocycles. The number of amides is 2. The molecule has 2 aromatic carbocycles. The van der Waals surface area contributed by atoms with Crippen LogP contribution in [0.15, 0.2) is 48.0 Å². The molecule has 1 N–H and O–H groups in total. The second-order valence-corrected chi connectivity index (χ2v) is 7.05. The van der Waals surface area contributed by atoms with Crippen molar-refractivity contribution in [3.8, 4) is 17.2 Å². The van der Waals surface area contributed by atoms with Gasteiger partial charge in [0.2, 0.25) is 0 Å². The van der Waals surface area contributed by atoms with E-state index in [1.807, 2.05) is 0 Å². The van der Waals surface area contributed by atoms with Gasteiger partial charge in [-0.3, -0.25) is 19.8 Å². The number of methoxy groups -OCH3 is 2. The summed E-state index contributed by atoms with van der Waals surface area (Å²) in [6, 6.07) is 11.5. The third kappa shape index (κ3) is 5.47. The van der Waals surface area contributed by atoms with E-state index < -0.39 is 17.8 Å². The number of anilines is 1. The van der Waals surface area contributed by atoms with E-state index in [0.717, 1.165) is 0 Å². The van der Waals surface area contributed by atoms with Crippen LogP contribution in [0.4, 0.5) is 5.69 Å². The van der Waals surface area contributed by atoms with Gasteiger partial charge in [0.25, 0.3) is 11.8 Å². The Bertz CT molecular complexity index is 1110. The molecule has 0 aromatic heterocycles. The molecule has 10 heteroatoms. The summed E-state index contributed by atoms with van der Waals surface area (Å²) < 4.78 is 20.7. The SMILES string of the molecule is CCOC(=O)COc1ccc(/C=C2\C(=O)NC(=S)N(c3ccc(OC)cc3)C2=O)cc1OC. The minimum atomic E-state index is -0.614. The maximum Gasteiger partial charge on any atom is 0.344 e. The van der Waals surface area contributed by atoms with Crippen molar-refractivity contribution >= 4 is 46.9 Å². The molecule has 172 valence electrons. The molecule has 0 saturated carbocycles. The highest BCUT2D eigenvalue weighted by molar-refractivity contribution is 7.80. The lowest BCUT2D eigenvalue weighted by Gasteiger charge is -2.29. The molecule has 2 aromatic rings. The third-order valence-corrected chi connectivity index (χ3v) is 4.87. The van der Waals surface area contributed by atoms with E-state index >= 15 is 0 Å². The zero-order chi connectivity index (χ0) is 24.0. The number of carbonyl (C=O) groups excluding carboxylic acids is 3. The van der Waals surface area contributed by atoms with E-state index in [-0.39, 0.29) is 23.9 Å². The maximum absolute atomic E-state index is 13.1. The molecule has 1 heterocycles. The van der Waals surface area contributed by atoms with Crippen LogP contribution in [-0.4, -0.2) is 50.3 Å². The first-order chi connectivity index (χ1) is 15.9. The zero-order valence-corrected chi connectivity index (χ0v) is 19.1. The Morgan fingerprint density at radius 3 is 2.42 bits per heavy atom. The van der Waals surface area contributed by atoms with Gasteiger partial charge in [0, 0.05) is 0 Å². The van der Waals surface area contributed by atoms with E-state index in [0.29, 0.717) is 28.5 Å². The van der Waals surface area contributed by atoms with Crippen LogP contribution in [0.2, 0.25) is 0 Å². The summed E-state index contributed by atoms with van der Waals surface area (Å²) in [4.78, 5) is 38.4. The van der Waals surface area contributed by atoms with E-state index in [4.69, 9.17) is 31.2 Å². The average molecular weight is 471 g/mol. The summed E-state index contributed by atoms with van der Waals surface area (Å²) in [6.45, 7) is 1.67. The molecule has 0 spiro atoms. The van der Waals surface area contributed by atoms with Crippen LogP contribution in [0.3, 0.4) is 0 Å². The van der Waals surface area contributed by atoms with E-state index in [1.54, 1.807) is 49.4 Å². The molecular weight excluding hydrogens is 448 g/mol. The van der Waals surface area contributed by atoms with Crippen molar-refractivity contribution in [1.29, 1.82) is 0 Å². The molecule has 9 nitrogen and oxygen atoms in total. The van der Waals surface area contributed by atoms with Gasteiger partial charge < -0.3 is 18.9 Å². The van der Waals surface area contributed by atoms with Crippen molar-refractivity contribution in [1.82, 2.24) is 5.32 Å². The number of esters is 1. The van der Waals surface area contributed by atoms with Gasteiger partial charge in [0.05, 0.1) is 26.5 Å². The van der Waals surface area contributed by atoms with Crippen LogP contribution < -0.4 is 24.4 Å². The van der Waals surface area contributed by atoms with Crippen LogP contribution in [0.1, 0.15) is 12.5 Å². The summed E-state index contributed by atoms with van der Waals surface area (Å²) >= 11 is 5.21. The predicted molar refractivity (Wildman–Crippen MR) is 124 cm³/mol. The number of nitrogens with zero attached hydrogens (tertiary/aromatic N) is 1. The van der Waals surface area contributed by atoms with Crippen LogP contribution in [0.5, 0.6) is 17.2 Å². The second-order valence-electron chi connectivity index (χ2n) is 6.66. The smallest absolute Gasteiger partial charge is 0.344 e. The lowest BCUT2D eigenvalue weighted by atomic mass is 10.1. The Labute approximate surface area is 195 Å². The highest BCUT2D eigenvalue weighted by Crippen LogP contribution is 2.30. The maximum atomic E-state index is 13.1. The highest BCUT2D eigenvalue weighted by Gasteiger charge is 2.34. The Hall–Kier alpha value is -3.92. The van der Waals surface area contributed by atoms with Crippen LogP contribution in [0.25, 0.3) is 6.08 Å². The van der Waals surface area contributed by atoms with Crippen molar-refractivity contribution in [2.24, 2.45) is 0 Å². The Morgan fingerprint density at radius 1 is 1.06 bits per heavy atom. The van der Waals surface area contributed by atoms with Gasteiger partial charge in [-0.2, -0.15) is 0 Å². The lowest BCUT2D eigenvalue weighted by Crippen LogP contribution is -2.54. The summed E-state index contributed by atoms with van der Waals surface area (Å²) in [5.74, 6) is -0.448. The zero-order valence-electron chi connectivity index (χ0n) is 18.2. The van der Waals surface area contributed by atoms with Crippen molar-refractivity contribution in [2.45, 2.75) is 6.92 Å². The Morgan fingerprint density at radius 2 is 1.79 bits per heavy atom. The first kappa shape index (κ1) is 23.7. The molecular formula is C23H22N2O7S.